The lowest BCUT2D eigenvalue weighted by molar-refractivity contribution is -0.137. The SMILES string of the molecule is CCC(CCNc1ccccc1S(N)(=O)=O)CCC(=O)O. The lowest BCUT2D eigenvalue weighted by atomic mass is 9.96. The van der Waals surface area contributed by atoms with Crippen molar-refractivity contribution in [2.45, 2.75) is 37.5 Å². The highest BCUT2D eigenvalue weighted by Gasteiger charge is 2.13. The van der Waals surface area contributed by atoms with Crippen LogP contribution >= 0.6 is 0 Å². The van der Waals surface area contributed by atoms with Gasteiger partial charge in [-0.15, -0.1) is 0 Å². The standard InChI is InChI=1S/C14H22N2O4S/c1-2-11(7-8-14(17)18)9-10-16-12-5-3-4-6-13(12)21(15,19)20/h3-6,11,16H,2,7-10H2,1H3,(H,17,18)(H2,15,19,20). The summed E-state index contributed by atoms with van der Waals surface area (Å²) in [7, 11) is -3.75. The molecule has 6 nitrogen and oxygen atoms in total. The van der Waals surface area contributed by atoms with Gasteiger partial charge < -0.3 is 10.4 Å². The highest BCUT2D eigenvalue weighted by atomic mass is 32.2. The van der Waals surface area contributed by atoms with E-state index in [0.717, 1.165) is 12.8 Å². The van der Waals surface area contributed by atoms with E-state index in [-0.39, 0.29) is 11.3 Å². The molecule has 4 N–H and O–H groups in total. The van der Waals surface area contributed by atoms with Crippen molar-refractivity contribution in [3.63, 3.8) is 0 Å². The van der Waals surface area contributed by atoms with Crippen molar-refractivity contribution >= 4 is 21.7 Å². The molecule has 1 atom stereocenters. The molecular weight excluding hydrogens is 292 g/mol. The summed E-state index contributed by atoms with van der Waals surface area (Å²) in [5.74, 6) is -0.490. The minimum Gasteiger partial charge on any atom is -0.481 e. The molecule has 1 aromatic rings. The fourth-order valence-electron chi connectivity index (χ4n) is 2.15. The van der Waals surface area contributed by atoms with Crippen molar-refractivity contribution in [3.05, 3.63) is 24.3 Å². The number of primary sulfonamides is 1. The predicted octanol–water partition coefficient (Wildman–Crippen LogP) is 2.03. The molecule has 0 radical (unpaired) electrons. The van der Waals surface area contributed by atoms with Crippen molar-refractivity contribution in [2.75, 3.05) is 11.9 Å². The van der Waals surface area contributed by atoms with Crippen LogP contribution < -0.4 is 10.5 Å². The maximum Gasteiger partial charge on any atom is 0.303 e. The number of para-hydroxylation sites is 1. The highest BCUT2D eigenvalue weighted by molar-refractivity contribution is 7.89. The zero-order valence-corrected chi connectivity index (χ0v) is 12.9. The fraction of sp³-hybridized carbons (Fsp3) is 0.500. The first-order chi connectivity index (χ1) is 9.84. The largest absolute Gasteiger partial charge is 0.481 e. The van der Waals surface area contributed by atoms with E-state index in [2.05, 4.69) is 5.32 Å². The number of aliphatic carboxylic acids is 1. The molecule has 0 heterocycles. The minimum atomic E-state index is -3.75. The third-order valence-electron chi connectivity index (χ3n) is 3.41. The van der Waals surface area contributed by atoms with Gasteiger partial charge in [0.25, 0.3) is 0 Å². The molecule has 0 bridgehead atoms. The Kier molecular flexibility index (Phi) is 6.64. The van der Waals surface area contributed by atoms with Crippen LogP contribution in [-0.2, 0) is 14.8 Å². The Bertz CT molecular complexity index is 572. The Labute approximate surface area is 125 Å². The molecule has 1 unspecified atom stereocenters. The molecule has 0 saturated heterocycles. The second-order valence-corrected chi connectivity index (χ2v) is 6.49. The molecule has 0 aliphatic heterocycles. The van der Waals surface area contributed by atoms with E-state index in [4.69, 9.17) is 10.2 Å². The monoisotopic (exact) mass is 314 g/mol. The van der Waals surface area contributed by atoms with E-state index in [1.807, 2.05) is 6.92 Å². The van der Waals surface area contributed by atoms with E-state index in [0.29, 0.717) is 24.6 Å². The molecule has 21 heavy (non-hydrogen) atoms. The first kappa shape index (κ1) is 17.5. The zero-order valence-electron chi connectivity index (χ0n) is 12.1. The molecule has 0 amide bonds. The van der Waals surface area contributed by atoms with Gasteiger partial charge in [-0.3, -0.25) is 4.79 Å². The van der Waals surface area contributed by atoms with E-state index >= 15 is 0 Å². The summed E-state index contributed by atoms with van der Waals surface area (Å²) in [5.41, 5.74) is 0.480. The van der Waals surface area contributed by atoms with Gasteiger partial charge in [0.2, 0.25) is 10.0 Å². The Hall–Kier alpha value is -1.60. The lowest BCUT2D eigenvalue weighted by Gasteiger charge is -2.15. The molecule has 0 aromatic heterocycles. The van der Waals surface area contributed by atoms with Crippen LogP contribution in [0.5, 0.6) is 0 Å². The van der Waals surface area contributed by atoms with Crippen LogP contribution in [0.15, 0.2) is 29.2 Å². The first-order valence-electron chi connectivity index (χ1n) is 6.92. The summed E-state index contributed by atoms with van der Waals surface area (Å²) < 4.78 is 22.9. The van der Waals surface area contributed by atoms with Crippen molar-refractivity contribution in [3.8, 4) is 0 Å². The summed E-state index contributed by atoms with van der Waals surface area (Å²) in [4.78, 5) is 10.6. The average molecular weight is 314 g/mol. The van der Waals surface area contributed by atoms with Crippen LogP contribution in [0.25, 0.3) is 0 Å². The summed E-state index contributed by atoms with van der Waals surface area (Å²) in [6, 6.07) is 6.47. The fourth-order valence-corrected chi connectivity index (χ4v) is 2.87. The van der Waals surface area contributed by atoms with Gasteiger partial charge >= 0.3 is 5.97 Å². The number of carboxylic acids is 1. The van der Waals surface area contributed by atoms with E-state index in [9.17, 15) is 13.2 Å². The van der Waals surface area contributed by atoms with Gasteiger partial charge in [-0.05, 0) is 30.9 Å². The summed E-state index contributed by atoms with van der Waals surface area (Å²) in [6.07, 6.45) is 2.46. The predicted molar refractivity (Wildman–Crippen MR) is 81.6 cm³/mol. The third kappa shape index (κ3) is 6.14. The second kappa shape index (κ2) is 7.99. The lowest BCUT2D eigenvalue weighted by Crippen LogP contribution is -2.16. The second-order valence-electron chi connectivity index (χ2n) is 4.96. The van der Waals surface area contributed by atoms with Crippen LogP contribution in [0.4, 0.5) is 5.69 Å². The maximum atomic E-state index is 11.5. The minimum absolute atomic E-state index is 0.0728. The maximum absolute atomic E-state index is 11.5. The highest BCUT2D eigenvalue weighted by Crippen LogP contribution is 2.21. The topological polar surface area (TPSA) is 109 Å². The summed E-state index contributed by atoms with van der Waals surface area (Å²) >= 11 is 0. The number of nitrogens with two attached hydrogens (primary N) is 1. The van der Waals surface area contributed by atoms with Gasteiger partial charge in [0.1, 0.15) is 4.90 Å². The number of nitrogens with one attached hydrogen (secondary N) is 1. The molecule has 0 fully saturated rings. The number of carboxylic acid groups (broad SMARTS) is 1. The molecule has 0 aliphatic carbocycles. The quantitative estimate of drug-likeness (QED) is 0.646. The molecular formula is C14H22N2O4S. The molecule has 0 saturated carbocycles. The van der Waals surface area contributed by atoms with Crippen LogP contribution in [0.3, 0.4) is 0 Å². The average Bonchev–Trinajstić information content (AvgIpc) is 2.41. The van der Waals surface area contributed by atoms with Gasteiger partial charge in [0.05, 0.1) is 5.69 Å². The molecule has 0 spiro atoms. The van der Waals surface area contributed by atoms with Gasteiger partial charge in [-0.1, -0.05) is 25.5 Å². The normalized spacial score (nSPS) is 12.9. The first-order valence-corrected chi connectivity index (χ1v) is 8.46. The van der Waals surface area contributed by atoms with Gasteiger partial charge in [0.15, 0.2) is 0 Å². The van der Waals surface area contributed by atoms with Crippen LogP contribution in [0, 0.1) is 5.92 Å². The van der Waals surface area contributed by atoms with E-state index in [1.54, 1.807) is 18.2 Å². The number of hydrogen-bond acceptors (Lipinski definition) is 4. The van der Waals surface area contributed by atoms with Crippen molar-refractivity contribution < 1.29 is 18.3 Å². The van der Waals surface area contributed by atoms with Crippen molar-refractivity contribution in [2.24, 2.45) is 11.1 Å². The van der Waals surface area contributed by atoms with Crippen molar-refractivity contribution in [1.82, 2.24) is 0 Å². The number of carbonyl (C=O) groups is 1. The smallest absolute Gasteiger partial charge is 0.303 e. The molecule has 7 heteroatoms. The number of sulfonamides is 1. The van der Waals surface area contributed by atoms with E-state index in [1.165, 1.54) is 6.07 Å². The summed E-state index contributed by atoms with van der Waals surface area (Å²) in [5, 5.41) is 16.9. The molecule has 118 valence electrons. The number of benzene rings is 1. The summed E-state index contributed by atoms with van der Waals surface area (Å²) in [6.45, 7) is 2.59. The Morgan fingerprint density at radius 1 is 1.33 bits per heavy atom. The van der Waals surface area contributed by atoms with Crippen molar-refractivity contribution in [1.29, 1.82) is 0 Å². The Morgan fingerprint density at radius 3 is 2.57 bits per heavy atom. The van der Waals surface area contributed by atoms with Crippen LogP contribution in [-0.4, -0.2) is 26.0 Å². The molecule has 1 aromatic carbocycles. The number of hydrogen-bond donors (Lipinski definition) is 3. The number of rotatable bonds is 9. The Balaban J connectivity index is 2.58. The zero-order chi connectivity index (χ0) is 15.9. The molecule has 1 rings (SSSR count). The van der Waals surface area contributed by atoms with Gasteiger partial charge in [-0.25, -0.2) is 13.6 Å². The number of anilines is 1. The van der Waals surface area contributed by atoms with Gasteiger partial charge in [0, 0.05) is 13.0 Å². The molecule has 0 aliphatic rings. The van der Waals surface area contributed by atoms with E-state index < -0.39 is 16.0 Å². The van der Waals surface area contributed by atoms with Crippen LogP contribution in [0.2, 0.25) is 0 Å². The Morgan fingerprint density at radius 2 is 2.00 bits per heavy atom. The van der Waals surface area contributed by atoms with Gasteiger partial charge in [-0.2, -0.15) is 0 Å². The third-order valence-corrected chi connectivity index (χ3v) is 4.37. The van der Waals surface area contributed by atoms with Crippen LogP contribution in [0.1, 0.15) is 32.6 Å².